The molecule has 0 fully saturated rings. The highest BCUT2D eigenvalue weighted by Gasteiger charge is 2.20. The monoisotopic (exact) mass is 284 g/mol. The molecule has 0 saturated carbocycles. The molecule has 1 heterocycles. The maximum atomic E-state index is 11.9. The fourth-order valence-corrected chi connectivity index (χ4v) is 2.19. The molecule has 1 aromatic carbocycles. The fraction of sp³-hybridized carbons (Fsp3) is 0.412. The predicted octanol–water partition coefficient (Wildman–Crippen LogP) is 2.74. The highest BCUT2D eigenvalue weighted by atomic mass is 16.5. The van der Waals surface area contributed by atoms with Gasteiger partial charge in [-0.1, -0.05) is 25.0 Å². The summed E-state index contributed by atoms with van der Waals surface area (Å²) < 4.78 is 5.35. The second-order valence-electron chi connectivity index (χ2n) is 4.89. The number of hydrogen-bond donors (Lipinski definition) is 0. The lowest BCUT2D eigenvalue weighted by Crippen LogP contribution is -2.32. The van der Waals surface area contributed by atoms with Gasteiger partial charge in [-0.3, -0.25) is 4.79 Å². The normalized spacial score (nSPS) is 14.3. The Labute approximate surface area is 125 Å². The predicted molar refractivity (Wildman–Crippen MR) is 83.3 cm³/mol. The van der Waals surface area contributed by atoms with Gasteiger partial charge < -0.3 is 4.74 Å². The molecule has 0 bridgehead atoms. The number of aryl methyl sites for hydroxylation is 1. The second-order valence-corrected chi connectivity index (χ2v) is 4.89. The lowest BCUT2D eigenvalue weighted by atomic mass is 10.0. The van der Waals surface area contributed by atoms with Crippen LogP contribution in [0.15, 0.2) is 23.3 Å². The standard InChI is InChI=1S/C17H20N2O2/c1-4-5-6-11-19-17(20)10-9-15(18-19)14-8-7-13(2)16(12-14)21-3/h7-8,12H,4,9-11H2,1-3H3. The molecule has 1 aliphatic heterocycles. The van der Waals surface area contributed by atoms with Crippen LogP contribution in [0.5, 0.6) is 5.75 Å². The zero-order chi connectivity index (χ0) is 15.2. The van der Waals surface area contributed by atoms with Crippen LogP contribution in [0.1, 0.15) is 37.3 Å². The highest BCUT2D eigenvalue weighted by Crippen LogP contribution is 2.22. The van der Waals surface area contributed by atoms with Crippen LogP contribution in [0, 0.1) is 18.8 Å². The van der Waals surface area contributed by atoms with E-state index in [0.717, 1.165) is 29.0 Å². The van der Waals surface area contributed by atoms with E-state index in [1.807, 2.05) is 32.0 Å². The number of benzene rings is 1. The average molecular weight is 284 g/mol. The molecule has 1 aliphatic rings. The van der Waals surface area contributed by atoms with Crippen LogP contribution in [0.25, 0.3) is 0 Å². The smallest absolute Gasteiger partial charge is 0.243 e. The molecule has 0 atom stereocenters. The molecule has 4 heteroatoms. The van der Waals surface area contributed by atoms with E-state index in [0.29, 0.717) is 19.4 Å². The summed E-state index contributed by atoms with van der Waals surface area (Å²) in [6, 6.07) is 6.00. The van der Waals surface area contributed by atoms with Crippen LogP contribution in [0.4, 0.5) is 0 Å². The zero-order valence-electron chi connectivity index (χ0n) is 12.8. The number of carbonyl (C=O) groups excluding carboxylic acids is 1. The number of carbonyl (C=O) groups is 1. The Hall–Kier alpha value is -2.28. The number of nitrogens with zero attached hydrogens (tertiary/aromatic N) is 2. The van der Waals surface area contributed by atoms with E-state index in [4.69, 9.17) is 4.74 Å². The van der Waals surface area contributed by atoms with E-state index in [2.05, 4.69) is 16.9 Å². The Morgan fingerprint density at radius 2 is 2.14 bits per heavy atom. The Morgan fingerprint density at radius 1 is 1.33 bits per heavy atom. The van der Waals surface area contributed by atoms with Gasteiger partial charge in [-0.25, -0.2) is 5.01 Å². The SMILES string of the molecule is CCC#CCN1N=C(c2ccc(C)c(OC)c2)CCC1=O. The minimum absolute atomic E-state index is 0.0308. The highest BCUT2D eigenvalue weighted by molar-refractivity contribution is 6.04. The van der Waals surface area contributed by atoms with Crippen LogP contribution in [-0.4, -0.2) is 30.3 Å². The van der Waals surface area contributed by atoms with Crippen LogP contribution in [0.3, 0.4) is 0 Å². The summed E-state index contributed by atoms with van der Waals surface area (Å²) in [5.41, 5.74) is 2.99. The number of methoxy groups -OCH3 is 1. The molecule has 0 spiro atoms. The Bertz CT molecular complexity index is 623. The van der Waals surface area contributed by atoms with E-state index in [1.165, 1.54) is 5.01 Å². The van der Waals surface area contributed by atoms with Crippen molar-refractivity contribution in [2.24, 2.45) is 5.10 Å². The summed E-state index contributed by atoms with van der Waals surface area (Å²) in [6.07, 6.45) is 1.92. The first-order chi connectivity index (χ1) is 10.2. The molecule has 0 aliphatic carbocycles. The van der Waals surface area contributed by atoms with Crippen LogP contribution < -0.4 is 4.74 Å². The van der Waals surface area contributed by atoms with Gasteiger partial charge in [0.05, 0.1) is 12.8 Å². The van der Waals surface area contributed by atoms with Crippen molar-refractivity contribution < 1.29 is 9.53 Å². The molecule has 0 unspecified atom stereocenters. The van der Waals surface area contributed by atoms with Gasteiger partial charge in [-0.2, -0.15) is 5.10 Å². The number of amides is 1. The molecule has 0 N–H and O–H groups in total. The molecular formula is C17H20N2O2. The summed E-state index contributed by atoms with van der Waals surface area (Å²) in [4.78, 5) is 11.9. The van der Waals surface area contributed by atoms with E-state index in [-0.39, 0.29) is 5.91 Å². The minimum Gasteiger partial charge on any atom is -0.496 e. The Balaban J connectivity index is 2.26. The molecule has 1 aromatic rings. The third-order valence-corrected chi connectivity index (χ3v) is 3.38. The first-order valence-electron chi connectivity index (χ1n) is 7.14. The first kappa shape index (κ1) is 15.1. The van der Waals surface area contributed by atoms with Gasteiger partial charge in [0.1, 0.15) is 12.3 Å². The quantitative estimate of drug-likeness (QED) is 0.801. The molecule has 4 nitrogen and oxygen atoms in total. The van der Waals surface area contributed by atoms with Crippen LogP contribution in [-0.2, 0) is 4.79 Å². The van der Waals surface area contributed by atoms with Crippen molar-refractivity contribution in [2.45, 2.75) is 33.1 Å². The molecule has 0 saturated heterocycles. The molecule has 0 aromatic heterocycles. The second kappa shape index (κ2) is 6.94. The molecular weight excluding hydrogens is 264 g/mol. The van der Waals surface area contributed by atoms with E-state index < -0.39 is 0 Å². The van der Waals surface area contributed by atoms with Crippen LogP contribution >= 0.6 is 0 Å². The van der Waals surface area contributed by atoms with Crippen molar-refractivity contribution in [3.63, 3.8) is 0 Å². The van der Waals surface area contributed by atoms with Crippen molar-refractivity contribution in [3.8, 4) is 17.6 Å². The van der Waals surface area contributed by atoms with Gasteiger partial charge in [0.2, 0.25) is 5.91 Å². The lowest BCUT2D eigenvalue weighted by Gasteiger charge is -2.22. The van der Waals surface area contributed by atoms with Crippen molar-refractivity contribution in [3.05, 3.63) is 29.3 Å². The van der Waals surface area contributed by atoms with E-state index >= 15 is 0 Å². The molecule has 2 rings (SSSR count). The first-order valence-corrected chi connectivity index (χ1v) is 7.14. The summed E-state index contributed by atoms with van der Waals surface area (Å²) in [7, 11) is 1.66. The minimum atomic E-state index is 0.0308. The van der Waals surface area contributed by atoms with Crippen molar-refractivity contribution in [1.29, 1.82) is 0 Å². The van der Waals surface area contributed by atoms with Gasteiger partial charge in [-0.15, -0.1) is 5.92 Å². The van der Waals surface area contributed by atoms with Crippen molar-refractivity contribution in [2.75, 3.05) is 13.7 Å². The van der Waals surface area contributed by atoms with E-state index in [9.17, 15) is 4.79 Å². The summed E-state index contributed by atoms with van der Waals surface area (Å²) in [5, 5.41) is 5.92. The van der Waals surface area contributed by atoms with Crippen LogP contribution in [0.2, 0.25) is 0 Å². The van der Waals surface area contributed by atoms with E-state index in [1.54, 1.807) is 7.11 Å². The van der Waals surface area contributed by atoms with Gasteiger partial charge in [0.15, 0.2) is 0 Å². The summed E-state index contributed by atoms with van der Waals surface area (Å²) >= 11 is 0. The Morgan fingerprint density at radius 3 is 2.86 bits per heavy atom. The topological polar surface area (TPSA) is 41.9 Å². The zero-order valence-corrected chi connectivity index (χ0v) is 12.8. The van der Waals surface area contributed by atoms with Crippen molar-refractivity contribution >= 4 is 11.6 Å². The lowest BCUT2D eigenvalue weighted by molar-refractivity contribution is -0.131. The average Bonchev–Trinajstić information content (AvgIpc) is 2.50. The van der Waals surface area contributed by atoms with Crippen molar-refractivity contribution in [1.82, 2.24) is 5.01 Å². The number of rotatable bonds is 3. The maximum Gasteiger partial charge on any atom is 0.243 e. The molecule has 110 valence electrons. The molecule has 21 heavy (non-hydrogen) atoms. The number of hydrogen-bond acceptors (Lipinski definition) is 3. The maximum absolute atomic E-state index is 11.9. The Kier molecular flexibility index (Phi) is 4.99. The summed E-state index contributed by atoms with van der Waals surface area (Å²) in [5.74, 6) is 6.79. The van der Waals surface area contributed by atoms with Gasteiger partial charge in [0.25, 0.3) is 0 Å². The summed E-state index contributed by atoms with van der Waals surface area (Å²) in [6.45, 7) is 4.35. The number of ether oxygens (including phenoxy) is 1. The largest absolute Gasteiger partial charge is 0.496 e. The molecule has 1 amide bonds. The van der Waals surface area contributed by atoms with Gasteiger partial charge >= 0.3 is 0 Å². The number of hydrazone groups is 1. The molecule has 0 radical (unpaired) electrons. The van der Waals surface area contributed by atoms with Gasteiger partial charge in [-0.05, 0) is 18.6 Å². The third kappa shape index (κ3) is 3.63. The fourth-order valence-electron chi connectivity index (χ4n) is 2.19. The third-order valence-electron chi connectivity index (χ3n) is 3.38. The van der Waals surface area contributed by atoms with Gasteiger partial charge in [0, 0.05) is 24.8 Å².